The Hall–Kier alpha value is -2.47. The molecule has 2 aromatic rings. The van der Waals surface area contributed by atoms with Gasteiger partial charge in [0.2, 0.25) is 0 Å². The van der Waals surface area contributed by atoms with Crippen LogP contribution in [0, 0.1) is 11.3 Å². The third-order valence-corrected chi connectivity index (χ3v) is 3.01. The van der Waals surface area contributed by atoms with Gasteiger partial charge in [-0.3, -0.25) is 0 Å². The maximum Gasteiger partial charge on any atom is 0.118 e. The van der Waals surface area contributed by atoms with E-state index in [0.29, 0.717) is 5.56 Å². The van der Waals surface area contributed by atoms with Gasteiger partial charge in [0.15, 0.2) is 0 Å². The highest BCUT2D eigenvalue weighted by molar-refractivity contribution is 5.49. The summed E-state index contributed by atoms with van der Waals surface area (Å²) in [6, 6.07) is 17.7. The van der Waals surface area contributed by atoms with Gasteiger partial charge in [-0.15, -0.1) is 0 Å². The molecule has 0 radical (unpaired) electrons. The van der Waals surface area contributed by atoms with Crippen molar-refractivity contribution in [2.75, 3.05) is 12.4 Å². The first kappa shape index (κ1) is 13.0. The molecule has 0 heterocycles. The highest BCUT2D eigenvalue weighted by atomic mass is 16.5. The van der Waals surface area contributed by atoms with E-state index < -0.39 is 0 Å². The first-order valence-electron chi connectivity index (χ1n) is 6.13. The highest BCUT2D eigenvalue weighted by Gasteiger charge is 2.05. The molecular formula is C16H16N2O. The van der Waals surface area contributed by atoms with Crippen LogP contribution in [-0.4, -0.2) is 7.11 Å². The quantitative estimate of drug-likeness (QED) is 0.901. The Morgan fingerprint density at radius 3 is 2.21 bits per heavy atom. The maximum atomic E-state index is 8.76. The van der Waals surface area contributed by atoms with Gasteiger partial charge in [-0.1, -0.05) is 12.1 Å². The van der Waals surface area contributed by atoms with Crippen LogP contribution in [0.5, 0.6) is 5.75 Å². The number of methoxy groups -OCH3 is 1. The number of anilines is 1. The zero-order chi connectivity index (χ0) is 13.7. The molecule has 0 aliphatic heterocycles. The molecule has 0 saturated heterocycles. The van der Waals surface area contributed by atoms with Crippen molar-refractivity contribution in [3.05, 3.63) is 59.7 Å². The zero-order valence-electron chi connectivity index (χ0n) is 11.1. The molecule has 0 spiro atoms. The fourth-order valence-electron chi connectivity index (χ4n) is 1.87. The van der Waals surface area contributed by atoms with Crippen LogP contribution < -0.4 is 10.1 Å². The molecule has 0 aliphatic carbocycles. The maximum absolute atomic E-state index is 8.76. The summed E-state index contributed by atoms with van der Waals surface area (Å²) in [7, 11) is 1.66. The number of nitriles is 1. The summed E-state index contributed by atoms with van der Waals surface area (Å²) in [5, 5.41) is 12.2. The first-order chi connectivity index (χ1) is 9.22. The van der Waals surface area contributed by atoms with Gasteiger partial charge < -0.3 is 10.1 Å². The Labute approximate surface area is 113 Å². The van der Waals surface area contributed by atoms with Crippen LogP contribution in [0.25, 0.3) is 0 Å². The zero-order valence-corrected chi connectivity index (χ0v) is 11.1. The first-order valence-corrected chi connectivity index (χ1v) is 6.13. The lowest BCUT2D eigenvalue weighted by Gasteiger charge is -2.16. The van der Waals surface area contributed by atoms with E-state index in [-0.39, 0.29) is 6.04 Å². The lowest BCUT2D eigenvalue weighted by molar-refractivity contribution is 0.414. The molecule has 19 heavy (non-hydrogen) atoms. The van der Waals surface area contributed by atoms with Gasteiger partial charge >= 0.3 is 0 Å². The number of hydrogen-bond donors (Lipinski definition) is 1. The molecule has 0 saturated carbocycles. The second-order valence-electron chi connectivity index (χ2n) is 4.33. The van der Waals surface area contributed by atoms with E-state index >= 15 is 0 Å². The van der Waals surface area contributed by atoms with Crippen LogP contribution in [0.15, 0.2) is 48.5 Å². The van der Waals surface area contributed by atoms with Crippen molar-refractivity contribution >= 4 is 5.69 Å². The number of benzene rings is 2. The molecule has 2 aromatic carbocycles. The molecule has 3 heteroatoms. The second kappa shape index (κ2) is 5.92. The van der Waals surface area contributed by atoms with Gasteiger partial charge in [-0.2, -0.15) is 5.26 Å². The van der Waals surface area contributed by atoms with Gasteiger partial charge in [0.25, 0.3) is 0 Å². The summed E-state index contributed by atoms with van der Waals surface area (Å²) in [5.41, 5.74) is 2.86. The standard InChI is InChI=1S/C16H16N2O/c1-12(14-5-9-16(19-2)10-6-14)18-15-7-3-13(11-17)4-8-15/h3-10,12,18H,1-2H3. The molecule has 1 N–H and O–H groups in total. The topological polar surface area (TPSA) is 45.0 Å². The molecule has 96 valence electrons. The van der Waals surface area contributed by atoms with Crippen molar-refractivity contribution in [1.29, 1.82) is 5.26 Å². The van der Waals surface area contributed by atoms with Crippen molar-refractivity contribution in [3.8, 4) is 11.8 Å². The summed E-state index contributed by atoms with van der Waals surface area (Å²) in [6.07, 6.45) is 0. The van der Waals surface area contributed by atoms with Gasteiger partial charge in [0, 0.05) is 11.7 Å². The summed E-state index contributed by atoms with van der Waals surface area (Å²) in [5.74, 6) is 0.856. The average Bonchev–Trinajstić information content (AvgIpc) is 2.48. The fraction of sp³-hybridized carbons (Fsp3) is 0.188. The minimum Gasteiger partial charge on any atom is -0.497 e. The number of nitrogens with zero attached hydrogens (tertiary/aromatic N) is 1. The van der Waals surface area contributed by atoms with Crippen LogP contribution >= 0.6 is 0 Å². The minimum atomic E-state index is 0.193. The van der Waals surface area contributed by atoms with Gasteiger partial charge in [0.1, 0.15) is 5.75 Å². The van der Waals surface area contributed by atoms with E-state index in [9.17, 15) is 0 Å². The fourth-order valence-corrected chi connectivity index (χ4v) is 1.87. The Bertz CT molecular complexity index is 567. The lowest BCUT2D eigenvalue weighted by atomic mass is 10.1. The Morgan fingerprint density at radius 2 is 1.68 bits per heavy atom. The number of hydrogen-bond acceptors (Lipinski definition) is 3. The second-order valence-corrected chi connectivity index (χ2v) is 4.33. The summed E-state index contributed by atoms with van der Waals surface area (Å²) in [4.78, 5) is 0. The number of ether oxygens (including phenoxy) is 1. The van der Waals surface area contributed by atoms with E-state index in [2.05, 4.69) is 18.3 Å². The smallest absolute Gasteiger partial charge is 0.118 e. The average molecular weight is 252 g/mol. The summed E-state index contributed by atoms with van der Waals surface area (Å²) in [6.45, 7) is 2.10. The molecule has 0 aromatic heterocycles. The van der Waals surface area contributed by atoms with Crippen molar-refractivity contribution in [3.63, 3.8) is 0 Å². The van der Waals surface area contributed by atoms with Crippen LogP contribution in [0.3, 0.4) is 0 Å². The summed E-state index contributed by atoms with van der Waals surface area (Å²) >= 11 is 0. The molecule has 0 bridgehead atoms. The van der Waals surface area contributed by atoms with E-state index in [0.717, 1.165) is 11.4 Å². The van der Waals surface area contributed by atoms with Gasteiger partial charge in [0.05, 0.1) is 18.7 Å². The predicted molar refractivity (Wildman–Crippen MR) is 76.2 cm³/mol. The third-order valence-electron chi connectivity index (χ3n) is 3.01. The van der Waals surface area contributed by atoms with Crippen LogP contribution in [0.4, 0.5) is 5.69 Å². The van der Waals surface area contributed by atoms with E-state index in [1.807, 2.05) is 48.5 Å². The molecule has 3 nitrogen and oxygen atoms in total. The van der Waals surface area contributed by atoms with Crippen LogP contribution in [0.1, 0.15) is 24.1 Å². The van der Waals surface area contributed by atoms with E-state index in [1.165, 1.54) is 5.56 Å². The normalized spacial score (nSPS) is 11.4. The molecule has 0 fully saturated rings. The molecule has 1 atom stereocenters. The third kappa shape index (κ3) is 3.26. The Balaban J connectivity index is 2.06. The molecule has 0 aliphatic rings. The predicted octanol–water partition coefficient (Wildman–Crippen LogP) is 3.74. The van der Waals surface area contributed by atoms with Crippen molar-refractivity contribution in [1.82, 2.24) is 0 Å². The summed E-state index contributed by atoms with van der Waals surface area (Å²) < 4.78 is 5.14. The van der Waals surface area contributed by atoms with Crippen LogP contribution in [0.2, 0.25) is 0 Å². The van der Waals surface area contributed by atoms with Gasteiger partial charge in [-0.25, -0.2) is 0 Å². The van der Waals surface area contributed by atoms with E-state index in [4.69, 9.17) is 10.00 Å². The molecular weight excluding hydrogens is 236 g/mol. The largest absolute Gasteiger partial charge is 0.497 e. The number of rotatable bonds is 4. The molecule has 2 rings (SSSR count). The Kier molecular flexibility index (Phi) is 4.04. The monoisotopic (exact) mass is 252 g/mol. The number of nitrogens with one attached hydrogen (secondary N) is 1. The molecule has 0 amide bonds. The van der Waals surface area contributed by atoms with Crippen LogP contribution in [-0.2, 0) is 0 Å². The van der Waals surface area contributed by atoms with Crippen molar-refractivity contribution in [2.24, 2.45) is 0 Å². The SMILES string of the molecule is COc1ccc(C(C)Nc2ccc(C#N)cc2)cc1. The van der Waals surface area contributed by atoms with Crippen molar-refractivity contribution in [2.45, 2.75) is 13.0 Å². The lowest BCUT2D eigenvalue weighted by Crippen LogP contribution is -2.06. The molecule has 1 unspecified atom stereocenters. The van der Waals surface area contributed by atoms with Gasteiger partial charge in [-0.05, 0) is 48.9 Å². The highest BCUT2D eigenvalue weighted by Crippen LogP contribution is 2.21. The van der Waals surface area contributed by atoms with Crippen molar-refractivity contribution < 1.29 is 4.74 Å². The Morgan fingerprint density at radius 1 is 1.05 bits per heavy atom. The minimum absolute atomic E-state index is 0.193. The van der Waals surface area contributed by atoms with E-state index in [1.54, 1.807) is 7.11 Å².